The largest absolute Gasteiger partial charge is 0.477 e. The van der Waals surface area contributed by atoms with Crippen molar-refractivity contribution >= 4 is 21.9 Å². The highest BCUT2D eigenvalue weighted by Crippen LogP contribution is 2.39. The van der Waals surface area contributed by atoms with E-state index in [0.29, 0.717) is 42.0 Å². The van der Waals surface area contributed by atoms with Crippen molar-refractivity contribution in [1.82, 2.24) is 4.98 Å². The van der Waals surface area contributed by atoms with E-state index < -0.39 is 5.97 Å². The molecule has 1 N–H and O–H groups in total. The summed E-state index contributed by atoms with van der Waals surface area (Å²) in [4.78, 5) is 15.0. The smallest absolute Gasteiger partial charge is 0.354 e. The molecule has 0 spiro atoms. The first-order valence-electron chi connectivity index (χ1n) is 7.78. The zero-order chi connectivity index (χ0) is 16.9. The highest BCUT2D eigenvalue weighted by atomic mass is 79.9. The second kappa shape index (κ2) is 7.77. The van der Waals surface area contributed by atoms with Gasteiger partial charge in [0.05, 0.1) is 24.3 Å². The van der Waals surface area contributed by atoms with Crippen LogP contribution in [0.4, 0.5) is 0 Å². The van der Waals surface area contributed by atoms with E-state index in [1.54, 1.807) is 6.07 Å². The SMILES string of the molecule is O=C(O)c1ccc(Br)c(OC[C@@H]2C[C@H]2COCc2ccccc2)n1. The number of aromatic nitrogens is 1. The summed E-state index contributed by atoms with van der Waals surface area (Å²) >= 11 is 3.33. The van der Waals surface area contributed by atoms with Crippen molar-refractivity contribution in [3.8, 4) is 5.88 Å². The number of halogens is 1. The minimum Gasteiger partial charge on any atom is -0.477 e. The number of hydrogen-bond acceptors (Lipinski definition) is 4. The number of nitrogens with zero attached hydrogens (tertiary/aromatic N) is 1. The Hall–Kier alpha value is -1.92. The second-order valence-corrected chi connectivity index (χ2v) is 6.71. The maximum atomic E-state index is 11.0. The quantitative estimate of drug-likeness (QED) is 0.741. The molecule has 1 fully saturated rings. The van der Waals surface area contributed by atoms with Crippen molar-refractivity contribution in [2.24, 2.45) is 11.8 Å². The lowest BCUT2D eigenvalue weighted by Crippen LogP contribution is -2.08. The number of carboxylic acids is 1. The summed E-state index contributed by atoms with van der Waals surface area (Å²) in [5, 5.41) is 8.97. The summed E-state index contributed by atoms with van der Waals surface area (Å²) < 4.78 is 12.1. The maximum absolute atomic E-state index is 11.0. The standard InChI is InChI=1S/C18H18BrNO4/c19-15-6-7-16(18(21)22)20-17(15)24-11-14-8-13(14)10-23-9-12-4-2-1-3-5-12/h1-7,13-14H,8-11H2,(H,21,22)/t13-,14-/m0/s1. The molecular formula is C18H18BrNO4. The van der Waals surface area contributed by atoms with Gasteiger partial charge in [-0.2, -0.15) is 0 Å². The van der Waals surface area contributed by atoms with Crippen LogP contribution in [0.25, 0.3) is 0 Å². The Balaban J connectivity index is 1.41. The van der Waals surface area contributed by atoms with Crippen molar-refractivity contribution in [3.63, 3.8) is 0 Å². The van der Waals surface area contributed by atoms with E-state index >= 15 is 0 Å². The van der Waals surface area contributed by atoms with Crippen molar-refractivity contribution < 1.29 is 19.4 Å². The predicted octanol–water partition coefficient (Wildman–Crippen LogP) is 3.77. The fourth-order valence-corrected chi connectivity index (χ4v) is 2.79. The molecule has 0 radical (unpaired) electrons. The Morgan fingerprint density at radius 1 is 1.17 bits per heavy atom. The number of carboxylic acid groups (broad SMARTS) is 1. The number of benzene rings is 1. The van der Waals surface area contributed by atoms with Crippen LogP contribution < -0.4 is 4.74 Å². The molecule has 24 heavy (non-hydrogen) atoms. The Kier molecular flexibility index (Phi) is 5.48. The van der Waals surface area contributed by atoms with Gasteiger partial charge in [-0.15, -0.1) is 0 Å². The van der Waals surface area contributed by atoms with Crippen LogP contribution in [-0.2, 0) is 11.3 Å². The Morgan fingerprint density at radius 3 is 2.67 bits per heavy atom. The lowest BCUT2D eigenvalue weighted by Gasteiger charge is -2.08. The van der Waals surface area contributed by atoms with Crippen LogP contribution in [-0.4, -0.2) is 29.3 Å². The molecule has 0 amide bonds. The van der Waals surface area contributed by atoms with Crippen LogP contribution in [0.1, 0.15) is 22.5 Å². The topological polar surface area (TPSA) is 68.7 Å². The molecule has 0 bridgehead atoms. The average Bonchev–Trinajstić information content (AvgIpc) is 3.33. The molecule has 2 aromatic rings. The third-order valence-corrected chi connectivity index (χ3v) is 4.58. The Labute approximate surface area is 148 Å². The molecule has 3 rings (SSSR count). The highest BCUT2D eigenvalue weighted by molar-refractivity contribution is 9.10. The minimum atomic E-state index is -1.06. The van der Waals surface area contributed by atoms with Crippen LogP contribution in [0.3, 0.4) is 0 Å². The molecule has 0 saturated heterocycles. The van der Waals surface area contributed by atoms with Gasteiger partial charge in [0.2, 0.25) is 5.88 Å². The van der Waals surface area contributed by atoms with E-state index in [0.717, 1.165) is 6.42 Å². The number of rotatable bonds is 8. The molecule has 1 heterocycles. The molecular weight excluding hydrogens is 374 g/mol. The van der Waals surface area contributed by atoms with E-state index in [2.05, 4.69) is 20.9 Å². The number of ether oxygens (including phenoxy) is 2. The first kappa shape index (κ1) is 16.9. The third-order valence-electron chi connectivity index (χ3n) is 3.98. The number of hydrogen-bond donors (Lipinski definition) is 1. The summed E-state index contributed by atoms with van der Waals surface area (Å²) in [6.07, 6.45) is 1.06. The van der Waals surface area contributed by atoms with Crippen LogP contribution in [0.2, 0.25) is 0 Å². The Bertz CT molecular complexity index is 707. The fraction of sp³-hybridized carbons (Fsp3) is 0.333. The molecule has 6 heteroatoms. The summed E-state index contributed by atoms with van der Waals surface area (Å²) in [5.74, 6) is 0.190. The molecule has 5 nitrogen and oxygen atoms in total. The van der Waals surface area contributed by atoms with E-state index in [4.69, 9.17) is 14.6 Å². The molecule has 1 aromatic carbocycles. The van der Waals surface area contributed by atoms with E-state index in [9.17, 15) is 4.79 Å². The van der Waals surface area contributed by atoms with Gasteiger partial charge >= 0.3 is 5.97 Å². The second-order valence-electron chi connectivity index (χ2n) is 5.86. The van der Waals surface area contributed by atoms with Crippen LogP contribution >= 0.6 is 15.9 Å². The lowest BCUT2D eigenvalue weighted by molar-refractivity contribution is 0.0689. The van der Waals surface area contributed by atoms with E-state index in [1.807, 2.05) is 30.3 Å². The van der Waals surface area contributed by atoms with Gasteiger partial charge in [-0.1, -0.05) is 30.3 Å². The average molecular weight is 392 g/mol. The van der Waals surface area contributed by atoms with Crippen molar-refractivity contribution in [3.05, 3.63) is 58.2 Å². The van der Waals surface area contributed by atoms with Crippen LogP contribution in [0.5, 0.6) is 5.88 Å². The first-order chi connectivity index (χ1) is 11.6. The maximum Gasteiger partial charge on any atom is 0.354 e. The van der Waals surface area contributed by atoms with Gasteiger partial charge < -0.3 is 14.6 Å². The molecule has 1 aliphatic rings. The van der Waals surface area contributed by atoms with Crippen molar-refractivity contribution in [2.45, 2.75) is 13.0 Å². The third kappa shape index (κ3) is 4.55. The Morgan fingerprint density at radius 2 is 1.92 bits per heavy atom. The fourth-order valence-electron chi connectivity index (χ4n) is 2.45. The molecule has 2 atom stereocenters. The number of aromatic carboxylic acids is 1. The predicted molar refractivity (Wildman–Crippen MR) is 92.1 cm³/mol. The first-order valence-corrected chi connectivity index (χ1v) is 8.57. The molecule has 1 saturated carbocycles. The van der Waals surface area contributed by atoms with Crippen molar-refractivity contribution in [2.75, 3.05) is 13.2 Å². The summed E-state index contributed by atoms with van der Waals surface area (Å²) in [7, 11) is 0. The van der Waals surface area contributed by atoms with Gasteiger partial charge in [0.15, 0.2) is 5.69 Å². The highest BCUT2D eigenvalue weighted by Gasteiger charge is 2.37. The summed E-state index contributed by atoms with van der Waals surface area (Å²) in [5.41, 5.74) is 1.15. The van der Waals surface area contributed by atoms with Gasteiger partial charge in [-0.3, -0.25) is 0 Å². The number of carbonyl (C=O) groups is 1. The van der Waals surface area contributed by atoms with Crippen molar-refractivity contribution in [1.29, 1.82) is 0 Å². The monoisotopic (exact) mass is 391 g/mol. The zero-order valence-electron chi connectivity index (χ0n) is 13.0. The zero-order valence-corrected chi connectivity index (χ0v) is 14.6. The molecule has 0 aliphatic heterocycles. The molecule has 1 aliphatic carbocycles. The summed E-state index contributed by atoms with van der Waals surface area (Å²) in [6, 6.07) is 13.2. The van der Waals surface area contributed by atoms with Gasteiger partial charge in [-0.05, 0) is 51.9 Å². The van der Waals surface area contributed by atoms with Crippen LogP contribution in [0.15, 0.2) is 46.9 Å². The minimum absolute atomic E-state index is 0.0215. The lowest BCUT2D eigenvalue weighted by atomic mass is 10.2. The molecule has 0 unspecified atom stereocenters. The van der Waals surface area contributed by atoms with Gasteiger partial charge in [-0.25, -0.2) is 9.78 Å². The normalized spacial score (nSPS) is 19.0. The van der Waals surface area contributed by atoms with Gasteiger partial charge in [0.1, 0.15) is 0 Å². The van der Waals surface area contributed by atoms with Crippen LogP contribution in [0, 0.1) is 11.8 Å². The van der Waals surface area contributed by atoms with Gasteiger partial charge in [0.25, 0.3) is 0 Å². The molecule has 126 valence electrons. The van der Waals surface area contributed by atoms with E-state index in [1.165, 1.54) is 11.6 Å². The summed E-state index contributed by atoms with van der Waals surface area (Å²) in [6.45, 7) is 1.86. The molecule has 1 aromatic heterocycles. The number of pyridine rings is 1. The van der Waals surface area contributed by atoms with E-state index in [-0.39, 0.29) is 5.69 Å². The van der Waals surface area contributed by atoms with Gasteiger partial charge in [0, 0.05) is 0 Å².